The molecular weight excluding hydrogens is 486 g/mol. The molecule has 32 heavy (non-hydrogen) atoms. The summed E-state index contributed by atoms with van der Waals surface area (Å²) in [4.78, 5) is 18.9. The number of phenols is 1. The number of fused-ring (bicyclic) bond motifs is 1. The van der Waals surface area contributed by atoms with Gasteiger partial charge >= 0.3 is 5.69 Å². The molecule has 162 valence electrons. The van der Waals surface area contributed by atoms with E-state index in [1.165, 1.54) is 18.3 Å². The number of anilines is 3. The van der Waals surface area contributed by atoms with Crippen molar-refractivity contribution in [2.24, 2.45) is 5.10 Å². The molecule has 2 aromatic heterocycles. The van der Waals surface area contributed by atoms with E-state index in [9.17, 15) is 15.2 Å². The molecule has 13 nitrogen and oxygen atoms in total. The number of nitro benzene ring substituents is 1. The minimum absolute atomic E-state index is 0.114. The van der Waals surface area contributed by atoms with E-state index in [0.29, 0.717) is 4.47 Å². The lowest BCUT2D eigenvalue weighted by atomic mass is 10.2. The molecule has 2 aromatic carbocycles. The summed E-state index contributed by atoms with van der Waals surface area (Å²) in [6.45, 7) is 1.98. The van der Waals surface area contributed by atoms with Crippen LogP contribution < -0.4 is 16.3 Å². The number of benzene rings is 2. The van der Waals surface area contributed by atoms with Gasteiger partial charge in [-0.15, -0.1) is 0 Å². The Morgan fingerprint density at radius 3 is 2.50 bits per heavy atom. The van der Waals surface area contributed by atoms with Crippen molar-refractivity contribution < 1.29 is 14.7 Å². The van der Waals surface area contributed by atoms with Crippen molar-refractivity contribution in [2.45, 2.75) is 6.92 Å². The number of halogens is 1. The smallest absolute Gasteiger partial charge is 0.312 e. The van der Waals surface area contributed by atoms with Gasteiger partial charge in [-0.05, 0) is 35.4 Å². The van der Waals surface area contributed by atoms with E-state index >= 15 is 0 Å². The lowest BCUT2D eigenvalue weighted by Gasteiger charge is -2.11. The normalized spacial score (nSPS) is 11.1. The van der Waals surface area contributed by atoms with Crippen LogP contribution in [0.4, 0.5) is 23.0 Å². The minimum atomic E-state index is -0.694. The number of hydrazone groups is 1. The predicted molar refractivity (Wildman–Crippen MR) is 119 cm³/mol. The average molecular weight is 500 g/mol. The average Bonchev–Trinajstić information content (AvgIpc) is 3.22. The maximum atomic E-state index is 11.1. The van der Waals surface area contributed by atoms with E-state index in [1.54, 1.807) is 0 Å². The van der Waals surface area contributed by atoms with Gasteiger partial charge in [-0.25, -0.2) is 4.63 Å². The highest BCUT2D eigenvalue weighted by Crippen LogP contribution is 2.32. The van der Waals surface area contributed by atoms with Gasteiger partial charge in [0.15, 0.2) is 11.6 Å². The number of nitrogens with zero attached hydrogens (tertiary/aromatic N) is 6. The lowest BCUT2D eigenvalue weighted by Crippen LogP contribution is -2.13. The Morgan fingerprint density at radius 1 is 1.12 bits per heavy atom. The van der Waals surface area contributed by atoms with Gasteiger partial charge in [0.05, 0.1) is 16.8 Å². The molecular formula is C18H14BrN9O4. The van der Waals surface area contributed by atoms with Crippen LogP contribution in [0.15, 0.2) is 50.6 Å². The van der Waals surface area contributed by atoms with Gasteiger partial charge in [0.25, 0.3) is 0 Å². The molecule has 4 N–H and O–H groups in total. The summed E-state index contributed by atoms with van der Waals surface area (Å²) in [7, 11) is 0. The summed E-state index contributed by atoms with van der Waals surface area (Å²) in [5.41, 5.74) is 10.4. The summed E-state index contributed by atoms with van der Waals surface area (Å²) in [5, 5.41) is 32.5. The monoisotopic (exact) mass is 499 g/mol. The Morgan fingerprint density at radius 2 is 1.81 bits per heavy atom. The Balaban J connectivity index is 1.59. The Labute approximate surface area is 187 Å². The molecule has 0 spiro atoms. The summed E-state index contributed by atoms with van der Waals surface area (Å²) in [6.07, 6.45) is 1.21. The number of hydrazine groups is 1. The van der Waals surface area contributed by atoms with Gasteiger partial charge in [-0.3, -0.25) is 26.4 Å². The first-order valence-corrected chi connectivity index (χ1v) is 9.75. The molecule has 14 heteroatoms. The zero-order valence-electron chi connectivity index (χ0n) is 16.3. The Kier molecular flexibility index (Phi) is 5.76. The van der Waals surface area contributed by atoms with Crippen LogP contribution in [-0.4, -0.2) is 36.5 Å². The van der Waals surface area contributed by atoms with E-state index in [1.807, 2.05) is 31.2 Å². The van der Waals surface area contributed by atoms with E-state index in [2.05, 4.69) is 62.2 Å². The Bertz CT molecular complexity index is 1320. The fourth-order valence-electron chi connectivity index (χ4n) is 2.58. The van der Waals surface area contributed by atoms with Crippen LogP contribution in [-0.2, 0) is 0 Å². The second-order valence-corrected chi connectivity index (χ2v) is 7.35. The van der Waals surface area contributed by atoms with Gasteiger partial charge in [0.1, 0.15) is 0 Å². The van der Waals surface area contributed by atoms with Crippen LogP contribution in [0.5, 0.6) is 5.75 Å². The molecule has 2 heterocycles. The first-order valence-electron chi connectivity index (χ1n) is 8.95. The van der Waals surface area contributed by atoms with Crippen molar-refractivity contribution in [3.63, 3.8) is 0 Å². The van der Waals surface area contributed by atoms with Crippen LogP contribution in [0.25, 0.3) is 11.3 Å². The quantitative estimate of drug-likeness (QED) is 0.166. The van der Waals surface area contributed by atoms with Crippen LogP contribution in [0, 0.1) is 17.0 Å². The summed E-state index contributed by atoms with van der Waals surface area (Å²) in [6, 6.07) is 10.3. The number of hydrogen-bond acceptors (Lipinski definition) is 12. The number of aromatic nitrogens is 4. The van der Waals surface area contributed by atoms with Crippen molar-refractivity contribution in [1.29, 1.82) is 0 Å². The van der Waals surface area contributed by atoms with Crippen molar-refractivity contribution in [1.82, 2.24) is 20.3 Å². The predicted octanol–water partition coefficient (Wildman–Crippen LogP) is 3.58. The highest BCUT2D eigenvalue weighted by atomic mass is 79.9. The van der Waals surface area contributed by atoms with Gasteiger partial charge in [0.2, 0.25) is 17.0 Å². The van der Waals surface area contributed by atoms with Crippen LogP contribution >= 0.6 is 15.9 Å². The number of aryl methyl sites for hydroxylation is 1. The molecule has 0 fully saturated rings. The largest absolute Gasteiger partial charge is 0.502 e. The standard InChI is InChI=1S/C18H14BrN9O4/c1-9-2-4-12(5-3-9)23-25-16-15(21-17-18(22-16)27-32-26-17)24-20-8-10-6-11(19)7-13(14(10)29)28(30)31/h2-8,23,29H,1H3,(H,21,24,26)(H,22,25,27)/b20-8+. The highest BCUT2D eigenvalue weighted by Gasteiger charge is 2.18. The summed E-state index contributed by atoms with van der Waals surface area (Å²) < 4.78 is 5.05. The maximum absolute atomic E-state index is 11.1. The lowest BCUT2D eigenvalue weighted by molar-refractivity contribution is -0.385. The van der Waals surface area contributed by atoms with Crippen LogP contribution in [0.2, 0.25) is 0 Å². The fraction of sp³-hybridized carbons (Fsp3) is 0.0556. The van der Waals surface area contributed by atoms with Crippen molar-refractivity contribution >= 4 is 56.4 Å². The second-order valence-electron chi connectivity index (χ2n) is 6.44. The third kappa shape index (κ3) is 4.54. The van der Waals surface area contributed by atoms with Crippen molar-refractivity contribution in [3.8, 4) is 5.75 Å². The van der Waals surface area contributed by atoms with Gasteiger partial charge in [-0.2, -0.15) is 15.1 Å². The van der Waals surface area contributed by atoms with E-state index < -0.39 is 16.4 Å². The first-order chi connectivity index (χ1) is 15.4. The molecule has 0 saturated heterocycles. The maximum Gasteiger partial charge on any atom is 0.312 e. The molecule has 0 aliphatic carbocycles. The van der Waals surface area contributed by atoms with Crippen molar-refractivity contribution in [3.05, 3.63) is 62.1 Å². The van der Waals surface area contributed by atoms with E-state index in [-0.39, 0.29) is 28.5 Å². The van der Waals surface area contributed by atoms with E-state index in [4.69, 9.17) is 0 Å². The van der Waals surface area contributed by atoms with Crippen LogP contribution in [0.3, 0.4) is 0 Å². The Hall–Kier alpha value is -4.33. The number of phenolic OH excluding ortho intramolecular Hbond substituents is 1. The molecule has 0 aliphatic rings. The number of aromatic hydroxyl groups is 1. The number of nitrogens with one attached hydrogen (secondary N) is 3. The summed E-state index contributed by atoms with van der Waals surface area (Å²) in [5.74, 6) is -0.131. The molecule has 4 aromatic rings. The molecule has 0 radical (unpaired) electrons. The van der Waals surface area contributed by atoms with Crippen LogP contribution in [0.1, 0.15) is 11.1 Å². The molecule has 0 amide bonds. The third-order valence-corrected chi connectivity index (χ3v) is 4.60. The summed E-state index contributed by atoms with van der Waals surface area (Å²) >= 11 is 3.17. The van der Waals surface area contributed by atoms with Gasteiger partial charge < -0.3 is 5.11 Å². The zero-order chi connectivity index (χ0) is 22.7. The number of hydrogen-bond donors (Lipinski definition) is 4. The molecule has 0 aliphatic heterocycles. The zero-order valence-corrected chi connectivity index (χ0v) is 17.9. The molecule has 0 saturated carbocycles. The minimum Gasteiger partial charge on any atom is -0.502 e. The first kappa shape index (κ1) is 20.9. The molecule has 0 atom stereocenters. The fourth-order valence-corrected chi connectivity index (χ4v) is 3.04. The highest BCUT2D eigenvalue weighted by molar-refractivity contribution is 9.10. The molecule has 4 rings (SSSR count). The number of nitro groups is 1. The SMILES string of the molecule is Cc1ccc(NNc2nc3nonc3nc2N/N=C/c2cc(Br)cc([N+](=O)[O-])c2O)cc1. The van der Waals surface area contributed by atoms with Gasteiger partial charge in [-0.1, -0.05) is 33.6 Å². The molecule has 0 unspecified atom stereocenters. The van der Waals surface area contributed by atoms with E-state index in [0.717, 1.165) is 11.3 Å². The number of rotatable bonds is 7. The molecule has 0 bridgehead atoms. The third-order valence-electron chi connectivity index (χ3n) is 4.15. The van der Waals surface area contributed by atoms with Gasteiger partial charge in [0, 0.05) is 16.1 Å². The topological polar surface area (TPSA) is 177 Å². The van der Waals surface area contributed by atoms with Crippen molar-refractivity contribution in [2.75, 3.05) is 16.3 Å². The second kappa shape index (κ2) is 8.81.